The molecule has 0 aromatic carbocycles. The Morgan fingerprint density at radius 3 is 2.14 bits per heavy atom. The van der Waals surface area contributed by atoms with Crippen molar-refractivity contribution in [1.82, 2.24) is 5.06 Å². The van der Waals surface area contributed by atoms with Crippen molar-refractivity contribution in [2.45, 2.75) is 39.7 Å². The van der Waals surface area contributed by atoms with Gasteiger partial charge in [0.15, 0.2) is 0 Å². The first-order chi connectivity index (χ1) is 6.26. The Bertz CT molecular complexity index is 219. The summed E-state index contributed by atoms with van der Waals surface area (Å²) in [6.45, 7) is 6.85. The van der Waals surface area contributed by atoms with Gasteiger partial charge in [-0.2, -0.15) is 0 Å². The van der Waals surface area contributed by atoms with Gasteiger partial charge in [-0.25, -0.2) is 9.59 Å². The summed E-state index contributed by atoms with van der Waals surface area (Å²) in [6.07, 6.45) is -0.466. The lowest BCUT2D eigenvalue weighted by molar-refractivity contribution is -0.178. The molecule has 0 fully saturated rings. The molecule has 0 unspecified atom stereocenters. The summed E-state index contributed by atoms with van der Waals surface area (Å²) in [5.74, 6) is -0.474. The van der Waals surface area contributed by atoms with Crippen LogP contribution >= 0.6 is 0 Å². The van der Waals surface area contributed by atoms with Gasteiger partial charge >= 0.3 is 12.1 Å². The van der Waals surface area contributed by atoms with Crippen LogP contribution in [0.4, 0.5) is 4.79 Å². The second kappa shape index (κ2) is 4.83. The van der Waals surface area contributed by atoms with Crippen LogP contribution in [0.25, 0.3) is 0 Å². The van der Waals surface area contributed by atoms with Crippen LogP contribution < -0.4 is 0 Å². The van der Waals surface area contributed by atoms with Crippen molar-refractivity contribution in [2.24, 2.45) is 0 Å². The minimum Gasteiger partial charge on any atom is -0.442 e. The zero-order valence-electron chi connectivity index (χ0n) is 9.29. The summed E-state index contributed by atoms with van der Waals surface area (Å²) in [5.41, 5.74) is -0.593. The first kappa shape index (κ1) is 12.7. The zero-order chi connectivity index (χ0) is 11.4. The Morgan fingerprint density at radius 1 is 1.29 bits per heavy atom. The molecular weight excluding hydrogens is 186 g/mol. The number of hydrogen-bond acceptors (Lipinski definition) is 4. The molecule has 0 aromatic heterocycles. The van der Waals surface area contributed by atoms with Crippen molar-refractivity contribution in [3.8, 4) is 0 Å². The molecule has 0 spiro atoms. The molecule has 14 heavy (non-hydrogen) atoms. The lowest BCUT2D eigenvalue weighted by atomic mass is 10.2. The van der Waals surface area contributed by atoms with Crippen LogP contribution in [-0.2, 0) is 14.4 Å². The van der Waals surface area contributed by atoms with E-state index in [0.29, 0.717) is 0 Å². The van der Waals surface area contributed by atoms with Crippen molar-refractivity contribution in [2.75, 3.05) is 7.05 Å². The summed E-state index contributed by atoms with van der Waals surface area (Å²) in [5, 5.41) is 0.789. The monoisotopic (exact) mass is 203 g/mol. The summed E-state index contributed by atoms with van der Waals surface area (Å²) < 4.78 is 4.95. The highest BCUT2D eigenvalue weighted by molar-refractivity contribution is 5.72. The van der Waals surface area contributed by atoms with Crippen LogP contribution in [0.15, 0.2) is 0 Å². The van der Waals surface area contributed by atoms with Gasteiger partial charge in [0.05, 0.1) is 7.05 Å². The van der Waals surface area contributed by atoms with Gasteiger partial charge < -0.3 is 9.57 Å². The van der Waals surface area contributed by atoms with E-state index in [4.69, 9.17) is 4.74 Å². The summed E-state index contributed by atoms with van der Waals surface area (Å²) >= 11 is 0. The molecule has 0 atom stereocenters. The molecule has 0 aliphatic rings. The first-order valence-corrected chi connectivity index (χ1v) is 4.43. The summed E-state index contributed by atoms with van der Waals surface area (Å²) in [6, 6.07) is 0. The van der Waals surface area contributed by atoms with Crippen LogP contribution in [-0.4, -0.2) is 29.8 Å². The number of carbonyl (C=O) groups excluding carboxylic acids is 2. The normalized spacial score (nSPS) is 10.6. The Morgan fingerprint density at radius 2 is 1.79 bits per heavy atom. The predicted molar refractivity (Wildman–Crippen MR) is 50.4 cm³/mol. The highest BCUT2D eigenvalue weighted by atomic mass is 16.8. The molecule has 1 amide bonds. The van der Waals surface area contributed by atoms with E-state index < -0.39 is 17.7 Å². The second-order valence-corrected chi connectivity index (χ2v) is 3.79. The third-order valence-electron chi connectivity index (χ3n) is 1.18. The minimum atomic E-state index is -0.681. The molecule has 0 saturated carbocycles. The fourth-order valence-electron chi connectivity index (χ4n) is 0.581. The molecule has 0 aliphatic carbocycles. The molecule has 0 bridgehead atoms. The average molecular weight is 203 g/mol. The SMILES string of the molecule is CCC(=O)ON(C)C(=O)OC(C)(C)C. The number of hydroxylamine groups is 2. The van der Waals surface area contributed by atoms with Crippen molar-refractivity contribution in [3.63, 3.8) is 0 Å². The van der Waals surface area contributed by atoms with Gasteiger partial charge in [-0.1, -0.05) is 6.92 Å². The quantitative estimate of drug-likeness (QED) is 0.609. The van der Waals surface area contributed by atoms with Crippen LogP contribution in [0.2, 0.25) is 0 Å². The Labute approximate surface area is 83.9 Å². The second-order valence-electron chi connectivity index (χ2n) is 3.79. The van der Waals surface area contributed by atoms with Gasteiger partial charge in [-0.05, 0) is 20.8 Å². The molecule has 5 nitrogen and oxygen atoms in total. The van der Waals surface area contributed by atoms with Gasteiger partial charge in [-0.15, -0.1) is 5.06 Å². The van der Waals surface area contributed by atoms with Crippen molar-refractivity contribution in [1.29, 1.82) is 0 Å². The van der Waals surface area contributed by atoms with E-state index in [0.717, 1.165) is 5.06 Å². The number of ether oxygens (including phenoxy) is 1. The van der Waals surface area contributed by atoms with Gasteiger partial charge in [0, 0.05) is 6.42 Å². The van der Waals surface area contributed by atoms with Crippen LogP contribution in [0.3, 0.4) is 0 Å². The molecule has 0 aliphatic heterocycles. The van der Waals surface area contributed by atoms with E-state index in [1.54, 1.807) is 27.7 Å². The van der Waals surface area contributed by atoms with Crippen LogP contribution in [0.5, 0.6) is 0 Å². The molecule has 0 saturated heterocycles. The highest BCUT2D eigenvalue weighted by Gasteiger charge is 2.21. The standard InChI is InChI=1S/C9H17NO4/c1-6-7(11)14-10(5)8(12)13-9(2,3)4/h6H2,1-5H3. The zero-order valence-corrected chi connectivity index (χ0v) is 9.29. The number of rotatable bonds is 1. The van der Waals surface area contributed by atoms with E-state index in [-0.39, 0.29) is 6.42 Å². The number of carbonyl (C=O) groups is 2. The predicted octanol–water partition coefficient (Wildman–Crippen LogP) is 1.72. The molecule has 5 heteroatoms. The van der Waals surface area contributed by atoms with Gasteiger partial charge in [0.1, 0.15) is 5.60 Å². The van der Waals surface area contributed by atoms with Crippen molar-refractivity contribution in [3.05, 3.63) is 0 Å². The van der Waals surface area contributed by atoms with Gasteiger partial charge in [0.2, 0.25) is 0 Å². The fourth-order valence-corrected chi connectivity index (χ4v) is 0.581. The molecule has 0 heterocycles. The fraction of sp³-hybridized carbons (Fsp3) is 0.778. The molecule has 0 aromatic rings. The van der Waals surface area contributed by atoms with Crippen LogP contribution in [0.1, 0.15) is 34.1 Å². The van der Waals surface area contributed by atoms with Crippen molar-refractivity contribution < 1.29 is 19.2 Å². The lowest BCUT2D eigenvalue weighted by Gasteiger charge is -2.23. The summed E-state index contributed by atoms with van der Waals surface area (Å²) in [4.78, 5) is 26.7. The van der Waals surface area contributed by atoms with Gasteiger partial charge in [0.25, 0.3) is 0 Å². The smallest absolute Gasteiger partial charge is 0.442 e. The number of hydrogen-bond donors (Lipinski definition) is 0. The molecule has 0 radical (unpaired) electrons. The molecule has 0 rings (SSSR count). The first-order valence-electron chi connectivity index (χ1n) is 4.43. The van der Waals surface area contributed by atoms with E-state index >= 15 is 0 Å². The van der Waals surface area contributed by atoms with Crippen molar-refractivity contribution >= 4 is 12.1 Å². The number of nitrogens with zero attached hydrogens (tertiary/aromatic N) is 1. The highest BCUT2D eigenvalue weighted by Crippen LogP contribution is 2.09. The maximum atomic E-state index is 11.2. The van der Waals surface area contributed by atoms with Crippen LogP contribution in [0, 0.1) is 0 Å². The van der Waals surface area contributed by atoms with E-state index in [1.807, 2.05) is 0 Å². The third-order valence-corrected chi connectivity index (χ3v) is 1.18. The van der Waals surface area contributed by atoms with E-state index in [9.17, 15) is 9.59 Å². The topological polar surface area (TPSA) is 55.8 Å². The molecular formula is C9H17NO4. The Balaban J connectivity index is 4.07. The Kier molecular flexibility index (Phi) is 4.40. The third kappa shape index (κ3) is 5.40. The van der Waals surface area contributed by atoms with Gasteiger partial charge in [-0.3, -0.25) is 0 Å². The lowest BCUT2D eigenvalue weighted by Crippen LogP contribution is -2.35. The molecule has 82 valence electrons. The summed E-state index contributed by atoms with van der Waals surface area (Å²) in [7, 11) is 1.33. The maximum Gasteiger partial charge on any atom is 0.443 e. The minimum absolute atomic E-state index is 0.215. The number of amides is 1. The molecule has 0 N–H and O–H groups in total. The van der Waals surface area contributed by atoms with E-state index in [2.05, 4.69) is 4.84 Å². The maximum absolute atomic E-state index is 11.2. The largest absolute Gasteiger partial charge is 0.443 e. The van der Waals surface area contributed by atoms with E-state index in [1.165, 1.54) is 7.05 Å². The average Bonchev–Trinajstić information content (AvgIpc) is 2.00. The Hall–Kier alpha value is -1.26.